The topological polar surface area (TPSA) is 89.5 Å². The van der Waals surface area contributed by atoms with Crippen molar-refractivity contribution in [2.75, 3.05) is 43.6 Å². The van der Waals surface area contributed by atoms with E-state index in [9.17, 15) is 9.59 Å². The van der Waals surface area contributed by atoms with Crippen LogP contribution in [0.15, 0.2) is 59.6 Å². The predicted octanol–water partition coefficient (Wildman–Crippen LogP) is 4.27. The van der Waals surface area contributed by atoms with E-state index in [1.165, 1.54) is 7.11 Å². The Labute approximate surface area is 198 Å². The Morgan fingerprint density at radius 2 is 2.00 bits per heavy atom. The normalized spacial score (nSPS) is 18.0. The molecule has 0 bridgehead atoms. The summed E-state index contributed by atoms with van der Waals surface area (Å²) in [7, 11) is 1.41. The molecule has 2 aromatic rings. The van der Waals surface area contributed by atoms with Gasteiger partial charge in [0.1, 0.15) is 24.4 Å². The van der Waals surface area contributed by atoms with Crippen molar-refractivity contribution >= 4 is 34.8 Å². The molecule has 2 amide bonds. The minimum atomic E-state index is -0.490. The van der Waals surface area contributed by atoms with E-state index in [1.807, 2.05) is 48.5 Å². The second kappa shape index (κ2) is 9.21. The summed E-state index contributed by atoms with van der Waals surface area (Å²) in [5.74, 6) is 1.10. The third kappa shape index (κ3) is 4.48. The number of methoxy groups -OCH3 is 1. The number of nitrogens with zero attached hydrogens (tertiary/aromatic N) is 2. The first-order valence-corrected chi connectivity index (χ1v) is 11.4. The maximum absolute atomic E-state index is 12.8. The molecular formula is C26H27N3O5. The molecule has 34 heavy (non-hydrogen) atoms. The summed E-state index contributed by atoms with van der Waals surface area (Å²) in [6.07, 6.45) is 4.24. The number of nitrogens with one attached hydrogen (secondary N) is 1. The highest BCUT2D eigenvalue weighted by molar-refractivity contribution is 6.03. The largest absolute Gasteiger partial charge is 0.490 e. The number of ether oxygens (including phenoxy) is 3. The van der Waals surface area contributed by atoms with Gasteiger partial charge in [-0.05, 0) is 48.2 Å². The van der Waals surface area contributed by atoms with Gasteiger partial charge in [-0.3, -0.25) is 14.7 Å². The molecule has 2 heterocycles. The van der Waals surface area contributed by atoms with Crippen LogP contribution in [0.1, 0.15) is 24.8 Å². The van der Waals surface area contributed by atoms with E-state index in [-0.39, 0.29) is 12.0 Å². The second-order valence-corrected chi connectivity index (χ2v) is 8.68. The summed E-state index contributed by atoms with van der Waals surface area (Å²) in [4.78, 5) is 31.0. The highest BCUT2D eigenvalue weighted by atomic mass is 16.5. The van der Waals surface area contributed by atoms with Crippen molar-refractivity contribution < 1.29 is 23.8 Å². The van der Waals surface area contributed by atoms with Crippen molar-refractivity contribution in [1.29, 1.82) is 0 Å². The van der Waals surface area contributed by atoms with Gasteiger partial charge in [0.15, 0.2) is 5.90 Å². The van der Waals surface area contributed by atoms with Crippen LogP contribution in [0.5, 0.6) is 5.75 Å². The van der Waals surface area contributed by atoms with Gasteiger partial charge in [-0.1, -0.05) is 30.3 Å². The monoisotopic (exact) mass is 461 g/mol. The number of hydrogen-bond donors (Lipinski definition) is 1. The quantitative estimate of drug-likeness (QED) is 0.672. The van der Waals surface area contributed by atoms with Crippen molar-refractivity contribution in [2.45, 2.75) is 19.3 Å². The van der Waals surface area contributed by atoms with Crippen LogP contribution in [0.25, 0.3) is 5.57 Å². The van der Waals surface area contributed by atoms with Gasteiger partial charge in [0.25, 0.3) is 0 Å². The highest BCUT2D eigenvalue weighted by Crippen LogP contribution is 2.47. The molecule has 176 valence electrons. The Kier molecular flexibility index (Phi) is 5.96. The molecule has 5 rings (SSSR count). The van der Waals surface area contributed by atoms with Crippen LogP contribution in [0, 0.1) is 5.41 Å². The number of aliphatic imine (C=N–C) groups is 1. The number of urea groups is 1. The van der Waals surface area contributed by atoms with Gasteiger partial charge in [0.2, 0.25) is 0 Å². The van der Waals surface area contributed by atoms with Crippen LogP contribution in [0.4, 0.5) is 16.2 Å². The molecule has 8 nitrogen and oxygen atoms in total. The second-order valence-electron chi connectivity index (χ2n) is 8.68. The third-order valence-electron chi connectivity index (χ3n) is 6.40. The summed E-state index contributed by atoms with van der Waals surface area (Å²) in [5.41, 5.74) is 3.07. The summed E-state index contributed by atoms with van der Waals surface area (Å²) < 4.78 is 16.6. The summed E-state index contributed by atoms with van der Waals surface area (Å²) in [5, 5.41) is 2.93. The first-order valence-electron chi connectivity index (χ1n) is 11.4. The Bertz CT molecular complexity index is 1150. The maximum atomic E-state index is 12.8. The number of dihydropyridines is 1. The number of carbonyl (C=O) groups is 2. The predicted molar refractivity (Wildman–Crippen MR) is 129 cm³/mol. The Hall–Kier alpha value is -3.81. The van der Waals surface area contributed by atoms with Gasteiger partial charge < -0.3 is 19.5 Å². The number of carbonyl (C=O) groups excluding carboxylic acids is 2. The molecule has 2 aliphatic heterocycles. The van der Waals surface area contributed by atoms with Gasteiger partial charge in [0.05, 0.1) is 25.9 Å². The molecule has 1 N–H and O–H groups in total. The Balaban J connectivity index is 1.22. The number of anilines is 2. The third-order valence-corrected chi connectivity index (χ3v) is 6.40. The lowest BCUT2D eigenvalue weighted by Crippen LogP contribution is -2.40. The number of amides is 2. The van der Waals surface area contributed by atoms with Crippen molar-refractivity contribution in [1.82, 2.24) is 0 Å². The molecule has 1 aliphatic carbocycles. The number of rotatable bonds is 5. The minimum Gasteiger partial charge on any atom is -0.490 e. The molecule has 0 atom stereocenters. The molecule has 1 saturated carbocycles. The van der Waals surface area contributed by atoms with Crippen LogP contribution >= 0.6 is 0 Å². The molecule has 0 saturated heterocycles. The molecule has 8 heteroatoms. The number of hydrogen-bond acceptors (Lipinski definition) is 6. The van der Waals surface area contributed by atoms with E-state index in [2.05, 4.69) is 16.4 Å². The number of benzene rings is 2. The molecule has 0 aromatic heterocycles. The molecule has 0 spiro atoms. The van der Waals surface area contributed by atoms with Crippen LogP contribution in [-0.4, -0.2) is 51.3 Å². The van der Waals surface area contributed by atoms with Crippen molar-refractivity contribution in [3.63, 3.8) is 0 Å². The first kappa shape index (κ1) is 22.0. The molecular weight excluding hydrogens is 434 g/mol. The van der Waals surface area contributed by atoms with Crippen LogP contribution in [0.3, 0.4) is 0 Å². The summed E-state index contributed by atoms with van der Waals surface area (Å²) >= 11 is 0. The summed E-state index contributed by atoms with van der Waals surface area (Å²) in [6, 6.07) is 15.1. The van der Waals surface area contributed by atoms with Crippen molar-refractivity contribution in [3.8, 4) is 5.75 Å². The van der Waals surface area contributed by atoms with E-state index in [0.29, 0.717) is 44.4 Å². The van der Waals surface area contributed by atoms with Crippen molar-refractivity contribution in [3.05, 3.63) is 60.2 Å². The fraction of sp³-hybridized carbons (Fsp3) is 0.346. The van der Waals surface area contributed by atoms with Crippen LogP contribution < -0.4 is 15.0 Å². The lowest BCUT2D eigenvalue weighted by atomic mass is 10.0. The fourth-order valence-corrected chi connectivity index (χ4v) is 4.17. The van der Waals surface area contributed by atoms with Gasteiger partial charge in [-0.15, -0.1) is 0 Å². The highest BCUT2D eigenvalue weighted by Gasteiger charge is 2.52. The molecule has 1 fully saturated rings. The zero-order valence-corrected chi connectivity index (χ0v) is 19.1. The summed E-state index contributed by atoms with van der Waals surface area (Å²) in [6.45, 7) is 1.70. The van der Waals surface area contributed by atoms with E-state index in [1.54, 1.807) is 4.90 Å². The fourth-order valence-electron chi connectivity index (χ4n) is 4.17. The molecule has 3 aliphatic rings. The number of fused-ring (bicyclic) bond motifs is 1. The minimum absolute atomic E-state index is 0.188. The van der Waals surface area contributed by atoms with Crippen LogP contribution in [0.2, 0.25) is 0 Å². The standard InChI is InChI=1S/C26H27N3O5/c1-32-24(30)26(11-12-26)17-34-23-10-8-19(16-27-23)18-7-9-21-22(15-18)33-14-13-29(21)25(31)28-20-5-3-2-4-6-20/h2-9,15H,10-14,16-17H2,1H3,(H,28,31). The van der Waals surface area contributed by atoms with Gasteiger partial charge in [-0.25, -0.2) is 4.79 Å². The number of esters is 1. The van der Waals surface area contributed by atoms with Crippen LogP contribution in [-0.2, 0) is 14.3 Å². The smallest absolute Gasteiger partial charge is 0.326 e. The van der Waals surface area contributed by atoms with E-state index < -0.39 is 5.41 Å². The Morgan fingerprint density at radius 3 is 2.71 bits per heavy atom. The zero-order chi connectivity index (χ0) is 23.5. The zero-order valence-electron chi connectivity index (χ0n) is 19.1. The van der Waals surface area contributed by atoms with Gasteiger partial charge >= 0.3 is 12.0 Å². The SMILES string of the molecule is COC(=O)C1(COC2=NCC(c3ccc4c(c3)OCCN4C(=O)Nc3ccccc3)=CC2)CC1. The number of para-hydroxylation sites is 1. The molecule has 0 radical (unpaired) electrons. The molecule has 0 unspecified atom stereocenters. The van der Waals surface area contributed by atoms with Crippen molar-refractivity contribution in [2.24, 2.45) is 10.4 Å². The lowest BCUT2D eigenvalue weighted by molar-refractivity contribution is -0.148. The first-order chi connectivity index (χ1) is 16.6. The average Bonchev–Trinajstić information content (AvgIpc) is 3.68. The lowest BCUT2D eigenvalue weighted by Gasteiger charge is -2.30. The van der Waals surface area contributed by atoms with E-state index in [0.717, 1.165) is 35.4 Å². The van der Waals surface area contributed by atoms with Gasteiger partial charge in [0, 0.05) is 12.1 Å². The average molecular weight is 462 g/mol. The van der Waals surface area contributed by atoms with E-state index in [4.69, 9.17) is 14.2 Å². The van der Waals surface area contributed by atoms with Gasteiger partial charge in [-0.2, -0.15) is 0 Å². The van der Waals surface area contributed by atoms with E-state index >= 15 is 0 Å². The maximum Gasteiger partial charge on any atom is 0.326 e. The Morgan fingerprint density at radius 1 is 1.18 bits per heavy atom. The molecule has 2 aromatic carbocycles.